The largest absolute Gasteiger partial charge is 0.468 e. The third-order valence-electron chi connectivity index (χ3n) is 5.44. The van der Waals surface area contributed by atoms with Gasteiger partial charge < -0.3 is 15.4 Å². The number of Topliss-reactive ketones (excluding diaryl/α,β-unsaturated/α-hetero) is 1. The van der Waals surface area contributed by atoms with Crippen molar-refractivity contribution in [1.29, 1.82) is 0 Å². The van der Waals surface area contributed by atoms with Gasteiger partial charge in [0.15, 0.2) is 5.78 Å². The minimum absolute atomic E-state index is 0.224. The van der Waals surface area contributed by atoms with E-state index in [0.717, 1.165) is 11.4 Å². The van der Waals surface area contributed by atoms with Gasteiger partial charge in [0, 0.05) is 16.8 Å². The Labute approximate surface area is 162 Å². The number of anilines is 2. The number of rotatable bonds is 2. The van der Waals surface area contributed by atoms with Crippen molar-refractivity contribution >= 4 is 23.1 Å². The van der Waals surface area contributed by atoms with Crippen LogP contribution >= 0.6 is 0 Å². The maximum atomic E-state index is 14.7. The van der Waals surface area contributed by atoms with Crippen molar-refractivity contribution in [3.63, 3.8) is 0 Å². The van der Waals surface area contributed by atoms with Gasteiger partial charge in [-0.2, -0.15) is 0 Å². The lowest BCUT2D eigenvalue weighted by molar-refractivity contribution is -0.151. The fourth-order valence-corrected chi connectivity index (χ4v) is 4.08. The number of allylic oxidation sites excluding steroid dienone is 1. The number of benzene rings is 2. The van der Waals surface area contributed by atoms with E-state index >= 15 is 0 Å². The summed E-state index contributed by atoms with van der Waals surface area (Å²) in [5.41, 5.74) is 3.03. The number of hydrogen-bond acceptors (Lipinski definition) is 5. The van der Waals surface area contributed by atoms with Gasteiger partial charge in [-0.05, 0) is 30.5 Å². The van der Waals surface area contributed by atoms with Crippen molar-refractivity contribution in [2.45, 2.75) is 19.4 Å². The standard InChI is InChI=1S/C22H21FN2O3/c1-12-11-17-19(21(26)18(12)22(27)28-2)20(13-7-3-4-8-14(13)23)25-16-10-6-5-9-15(16)24-17/h3-10,12,18,20,24-25H,11H2,1-2H3/t12-,18-,20+/m0/s1. The van der Waals surface area contributed by atoms with E-state index in [9.17, 15) is 14.0 Å². The molecule has 5 nitrogen and oxygen atoms in total. The van der Waals surface area contributed by atoms with Gasteiger partial charge in [0.05, 0.1) is 24.5 Å². The minimum atomic E-state index is -0.900. The van der Waals surface area contributed by atoms with Crippen LogP contribution in [0.15, 0.2) is 59.8 Å². The summed E-state index contributed by atoms with van der Waals surface area (Å²) in [6, 6.07) is 13.2. The summed E-state index contributed by atoms with van der Waals surface area (Å²) in [6.45, 7) is 1.85. The normalized spacial score (nSPS) is 23.7. The van der Waals surface area contributed by atoms with E-state index in [-0.39, 0.29) is 11.7 Å². The molecular formula is C22H21FN2O3. The molecule has 0 radical (unpaired) electrons. The Morgan fingerprint density at radius 3 is 2.50 bits per heavy atom. The summed E-state index contributed by atoms with van der Waals surface area (Å²) in [6.07, 6.45) is 0.488. The Morgan fingerprint density at radius 2 is 1.79 bits per heavy atom. The van der Waals surface area contributed by atoms with Crippen molar-refractivity contribution < 1.29 is 18.7 Å². The van der Waals surface area contributed by atoms with Gasteiger partial charge in [-0.15, -0.1) is 0 Å². The lowest BCUT2D eigenvalue weighted by Gasteiger charge is -2.32. The first-order valence-electron chi connectivity index (χ1n) is 9.23. The Hall–Kier alpha value is -3.15. The van der Waals surface area contributed by atoms with E-state index in [2.05, 4.69) is 10.6 Å². The van der Waals surface area contributed by atoms with Crippen molar-refractivity contribution in [3.05, 3.63) is 71.2 Å². The number of ether oxygens (including phenoxy) is 1. The van der Waals surface area contributed by atoms with Gasteiger partial charge in [-0.1, -0.05) is 37.3 Å². The van der Waals surface area contributed by atoms with Gasteiger partial charge in [0.25, 0.3) is 0 Å². The Kier molecular flexibility index (Phi) is 4.63. The fraction of sp³-hybridized carbons (Fsp3) is 0.273. The quantitative estimate of drug-likeness (QED) is 0.608. The zero-order chi connectivity index (χ0) is 19.8. The molecular weight excluding hydrogens is 359 g/mol. The number of para-hydroxylation sites is 2. The first-order valence-corrected chi connectivity index (χ1v) is 9.23. The highest BCUT2D eigenvalue weighted by Crippen LogP contribution is 2.44. The summed E-state index contributed by atoms with van der Waals surface area (Å²) in [4.78, 5) is 25.7. The van der Waals surface area contributed by atoms with Crippen LogP contribution in [0.1, 0.15) is 24.9 Å². The maximum Gasteiger partial charge on any atom is 0.316 e. The van der Waals surface area contributed by atoms with Gasteiger partial charge in [-0.25, -0.2) is 4.39 Å². The molecule has 0 amide bonds. The summed E-state index contributed by atoms with van der Waals surface area (Å²) in [5.74, 6) is -2.42. The van der Waals surface area contributed by atoms with Crippen molar-refractivity contribution in [2.75, 3.05) is 17.7 Å². The van der Waals surface area contributed by atoms with Crippen LogP contribution in [0.2, 0.25) is 0 Å². The third kappa shape index (κ3) is 2.95. The number of methoxy groups -OCH3 is 1. The number of fused-ring (bicyclic) bond motifs is 1. The highest BCUT2D eigenvalue weighted by Gasteiger charge is 2.44. The molecule has 6 heteroatoms. The van der Waals surface area contributed by atoms with Crippen LogP contribution < -0.4 is 10.6 Å². The number of esters is 1. The second-order valence-electron chi connectivity index (χ2n) is 7.21. The molecule has 3 atom stereocenters. The molecule has 144 valence electrons. The lowest BCUT2D eigenvalue weighted by atomic mass is 9.74. The zero-order valence-electron chi connectivity index (χ0n) is 15.7. The van der Waals surface area contributed by atoms with Crippen molar-refractivity contribution in [3.8, 4) is 0 Å². The number of hydrogen-bond donors (Lipinski definition) is 2. The molecule has 1 aliphatic heterocycles. The lowest BCUT2D eigenvalue weighted by Crippen LogP contribution is -2.39. The molecule has 1 heterocycles. The molecule has 0 fully saturated rings. The van der Waals surface area contributed by atoms with Crippen LogP contribution in [0.3, 0.4) is 0 Å². The van der Waals surface area contributed by atoms with Crippen LogP contribution in [0.5, 0.6) is 0 Å². The molecule has 2 N–H and O–H groups in total. The van der Waals surface area contributed by atoms with Gasteiger partial charge in [0.1, 0.15) is 11.7 Å². The smallest absolute Gasteiger partial charge is 0.316 e. The van der Waals surface area contributed by atoms with Crippen LogP contribution in [0.25, 0.3) is 0 Å². The van der Waals surface area contributed by atoms with Crippen LogP contribution in [-0.4, -0.2) is 18.9 Å². The Balaban J connectivity index is 1.90. The van der Waals surface area contributed by atoms with E-state index in [1.165, 1.54) is 13.2 Å². The molecule has 0 spiro atoms. The van der Waals surface area contributed by atoms with E-state index in [1.807, 2.05) is 31.2 Å². The van der Waals surface area contributed by atoms with E-state index in [1.54, 1.807) is 18.2 Å². The van der Waals surface area contributed by atoms with E-state index < -0.39 is 23.7 Å². The monoisotopic (exact) mass is 380 g/mol. The molecule has 0 saturated carbocycles. The first-order chi connectivity index (χ1) is 13.5. The van der Waals surface area contributed by atoms with Crippen LogP contribution in [-0.2, 0) is 14.3 Å². The molecule has 2 aromatic carbocycles. The van der Waals surface area contributed by atoms with E-state index in [4.69, 9.17) is 4.74 Å². The van der Waals surface area contributed by atoms with E-state index in [0.29, 0.717) is 23.3 Å². The predicted molar refractivity (Wildman–Crippen MR) is 104 cm³/mol. The van der Waals surface area contributed by atoms with Gasteiger partial charge in [-0.3, -0.25) is 9.59 Å². The number of carbonyl (C=O) groups excluding carboxylic acids is 2. The Morgan fingerprint density at radius 1 is 1.11 bits per heavy atom. The van der Waals surface area contributed by atoms with Gasteiger partial charge >= 0.3 is 5.97 Å². The average molecular weight is 380 g/mol. The fourth-order valence-electron chi connectivity index (χ4n) is 4.08. The summed E-state index contributed by atoms with van der Waals surface area (Å²) in [7, 11) is 1.28. The summed E-state index contributed by atoms with van der Waals surface area (Å²) in [5, 5.41) is 6.65. The summed E-state index contributed by atoms with van der Waals surface area (Å²) < 4.78 is 19.6. The molecule has 2 aliphatic rings. The second-order valence-corrected chi connectivity index (χ2v) is 7.21. The molecule has 0 unspecified atom stereocenters. The predicted octanol–water partition coefficient (Wildman–Crippen LogP) is 4.06. The Bertz CT molecular complexity index is 985. The highest BCUT2D eigenvalue weighted by atomic mass is 19.1. The SMILES string of the molecule is COC(=O)[C@@H]1C(=O)C2=C(C[C@@H]1C)Nc1ccccc1N[C@@H]2c1ccccc1F. The average Bonchev–Trinajstić information content (AvgIpc) is 2.84. The molecule has 28 heavy (non-hydrogen) atoms. The molecule has 0 aromatic heterocycles. The maximum absolute atomic E-state index is 14.7. The number of halogens is 1. The zero-order valence-corrected chi connectivity index (χ0v) is 15.7. The van der Waals surface area contributed by atoms with Crippen LogP contribution in [0.4, 0.5) is 15.8 Å². The molecule has 0 saturated heterocycles. The van der Waals surface area contributed by atoms with Crippen LogP contribution in [0, 0.1) is 17.7 Å². The molecule has 1 aliphatic carbocycles. The number of ketones is 1. The number of nitrogens with one attached hydrogen (secondary N) is 2. The third-order valence-corrected chi connectivity index (χ3v) is 5.44. The topological polar surface area (TPSA) is 67.4 Å². The van der Waals surface area contributed by atoms with Crippen molar-refractivity contribution in [2.24, 2.45) is 11.8 Å². The minimum Gasteiger partial charge on any atom is -0.468 e. The first kappa shape index (κ1) is 18.2. The summed E-state index contributed by atoms with van der Waals surface area (Å²) >= 11 is 0. The molecule has 0 bridgehead atoms. The second kappa shape index (κ2) is 7.11. The molecule has 4 rings (SSSR count). The molecule has 2 aromatic rings. The highest BCUT2D eigenvalue weighted by molar-refractivity contribution is 6.11. The number of carbonyl (C=O) groups is 2. The van der Waals surface area contributed by atoms with Gasteiger partial charge in [0.2, 0.25) is 0 Å². The van der Waals surface area contributed by atoms with Crippen molar-refractivity contribution in [1.82, 2.24) is 0 Å².